The number of hydrogen-bond donors (Lipinski definition) is 1. The average molecular weight is 276 g/mol. The zero-order valence-corrected chi connectivity index (χ0v) is 12.5. The Morgan fingerprint density at radius 3 is 2.55 bits per heavy atom. The smallest absolute Gasteiger partial charge is 0.225 e. The molecule has 2 rings (SSSR count). The summed E-state index contributed by atoms with van der Waals surface area (Å²) in [7, 11) is 3.79. The third kappa shape index (κ3) is 3.11. The second-order valence-electron chi connectivity index (χ2n) is 5.62. The number of nitrogens with zero attached hydrogens (tertiary/aromatic N) is 6. The second kappa shape index (κ2) is 5.16. The minimum atomic E-state index is -0.860. The highest BCUT2D eigenvalue weighted by Gasteiger charge is 2.19. The van der Waals surface area contributed by atoms with E-state index >= 15 is 0 Å². The first-order valence-electron chi connectivity index (χ1n) is 6.39. The number of aliphatic hydroxyl groups is 1. The highest BCUT2D eigenvalue weighted by atomic mass is 16.3. The first kappa shape index (κ1) is 14.4. The van der Waals surface area contributed by atoms with Gasteiger partial charge < -0.3 is 10.0 Å². The molecule has 0 atom stereocenters. The van der Waals surface area contributed by atoms with Gasteiger partial charge in [0.15, 0.2) is 5.82 Å². The molecule has 7 nitrogen and oxygen atoms in total. The Morgan fingerprint density at radius 2 is 2.00 bits per heavy atom. The molecule has 2 heterocycles. The molecule has 0 aliphatic heterocycles. The van der Waals surface area contributed by atoms with Gasteiger partial charge in [0.25, 0.3) is 0 Å². The summed E-state index contributed by atoms with van der Waals surface area (Å²) >= 11 is 0. The third-order valence-corrected chi connectivity index (χ3v) is 2.76. The van der Waals surface area contributed by atoms with Gasteiger partial charge in [-0.15, -0.1) is 0 Å². The van der Waals surface area contributed by atoms with Crippen molar-refractivity contribution in [1.29, 1.82) is 0 Å². The summed E-state index contributed by atoms with van der Waals surface area (Å²) in [6.45, 7) is 5.73. The van der Waals surface area contributed by atoms with E-state index in [2.05, 4.69) is 20.1 Å². The molecule has 2 aromatic heterocycles. The maximum atomic E-state index is 9.92. The summed E-state index contributed by atoms with van der Waals surface area (Å²) in [5.74, 6) is 1.31. The predicted molar refractivity (Wildman–Crippen MR) is 76.4 cm³/mol. The van der Waals surface area contributed by atoms with Crippen molar-refractivity contribution in [1.82, 2.24) is 24.7 Å². The summed E-state index contributed by atoms with van der Waals surface area (Å²) < 4.78 is 1.67. The molecule has 20 heavy (non-hydrogen) atoms. The van der Waals surface area contributed by atoms with Crippen molar-refractivity contribution in [2.75, 3.05) is 19.0 Å². The molecule has 0 aliphatic rings. The zero-order valence-electron chi connectivity index (χ0n) is 12.5. The fourth-order valence-electron chi connectivity index (χ4n) is 1.84. The van der Waals surface area contributed by atoms with Gasteiger partial charge in [-0.1, -0.05) is 0 Å². The number of hydrogen-bond acceptors (Lipinski definition) is 6. The van der Waals surface area contributed by atoms with Gasteiger partial charge in [-0.3, -0.25) is 0 Å². The van der Waals surface area contributed by atoms with Crippen molar-refractivity contribution in [3.05, 3.63) is 18.2 Å². The van der Waals surface area contributed by atoms with Crippen molar-refractivity contribution in [2.24, 2.45) is 0 Å². The molecule has 0 saturated heterocycles. The van der Waals surface area contributed by atoms with Crippen LogP contribution in [0, 0.1) is 6.92 Å². The van der Waals surface area contributed by atoms with Crippen LogP contribution in [0.15, 0.2) is 12.5 Å². The summed E-state index contributed by atoms with van der Waals surface area (Å²) in [6.07, 6.45) is 3.21. The predicted octanol–water partition coefficient (Wildman–Crippen LogP) is 0.880. The van der Waals surface area contributed by atoms with Gasteiger partial charge >= 0.3 is 0 Å². The average Bonchev–Trinajstić information content (AvgIpc) is 2.74. The molecule has 0 aliphatic carbocycles. The van der Waals surface area contributed by atoms with Crippen molar-refractivity contribution in [3.8, 4) is 11.4 Å². The Kier molecular flexibility index (Phi) is 3.71. The van der Waals surface area contributed by atoms with Gasteiger partial charge in [0.1, 0.15) is 6.33 Å². The van der Waals surface area contributed by atoms with Gasteiger partial charge in [-0.25, -0.2) is 19.6 Å². The fourth-order valence-corrected chi connectivity index (χ4v) is 1.84. The van der Waals surface area contributed by atoms with Crippen LogP contribution in [-0.2, 0) is 6.54 Å². The molecule has 0 bridgehead atoms. The van der Waals surface area contributed by atoms with Gasteiger partial charge in [0, 0.05) is 20.3 Å². The lowest BCUT2D eigenvalue weighted by atomic mass is 10.1. The lowest BCUT2D eigenvalue weighted by Gasteiger charge is -2.18. The molecule has 7 heteroatoms. The van der Waals surface area contributed by atoms with E-state index in [1.807, 2.05) is 25.9 Å². The van der Waals surface area contributed by atoms with Crippen molar-refractivity contribution in [3.63, 3.8) is 0 Å². The zero-order chi connectivity index (χ0) is 14.9. The van der Waals surface area contributed by atoms with E-state index in [-0.39, 0.29) is 0 Å². The molecule has 0 aromatic carbocycles. The van der Waals surface area contributed by atoms with E-state index in [0.717, 1.165) is 11.3 Å². The second-order valence-corrected chi connectivity index (χ2v) is 5.62. The standard InChI is InChI=1S/C13H20N6O/c1-9-10(6-14-12(17-9)18(4)5)11-15-8-16-19(11)7-13(2,3)20/h6,8,20H,7H2,1-5H3. The Bertz CT molecular complexity index is 599. The first-order valence-corrected chi connectivity index (χ1v) is 6.39. The SMILES string of the molecule is Cc1nc(N(C)C)ncc1-c1ncnn1CC(C)(C)O. The van der Waals surface area contributed by atoms with Gasteiger partial charge in [-0.2, -0.15) is 5.10 Å². The fraction of sp³-hybridized carbons (Fsp3) is 0.538. The summed E-state index contributed by atoms with van der Waals surface area (Å²) in [5, 5.41) is 14.1. The molecule has 0 saturated carbocycles. The van der Waals surface area contributed by atoms with Crippen molar-refractivity contribution >= 4 is 5.95 Å². The largest absolute Gasteiger partial charge is 0.389 e. The molecule has 2 aromatic rings. The molecule has 0 unspecified atom stereocenters. The van der Waals surface area contributed by atoms with Gasteiger partial charge in [-0.05, 0) is 20.8 Å². The van der Waals surface area contributed by atoms with Crippen molar-refractivity contribution < 1.29 is 5.11 Å². The minimum absolute atomic E-state index is 0.358. The maximum absolute atomic E-state index is 9.92. The number of aryl methyl sites for hydroxylation is 1. The third-order valence-electron chi connectivity index (χ3n) is 2.76. The molecular formula is C13H20N6O. The van der Waals surface area contributed by atoms with E-state index in [1.165, 1.54) is 6.33 Å². The van der Waals surface area contributed by atoms with E-state index in [0.29, 0.717) is 18.3 Å². The number of aromatic nitrogens is 5. The molecule has 0 amide bonds. The number of rotatable bonds is 4. The van der Waals surface area contributed by atoms with Crippen LogP contribution in [0.1, 0.15) is 19.5 Å². The summed E-state index contributed by atoms with van der Waals surface area (Å²) in [4.78, 5) is 14.8. The Hall–Kier alpha value is -2.02. The lowest BCUT2D eigenvalue weighted by molar-refractivity contribution is 0.0582. The Balaban J connectivity index is 2.40. The minimum Gasteiger partial charge on any atom is -0.389 e. The maximum Gasteiger partial charge on any atom is 0.225 e. The molecule has 108 valence electrons. The lowest BCUT2D eigenvalue weighted by Crippen LogP contribution is -2.27. The van der Waals surface area contributed by atoms with Crippen LogP contribution in [0.3, 0.4) is 0 Å². The van der Waals surface area contributed by atoms with Crippen molar-refractivity contribution in [2.45, 2.75) is 32.9 Å². The van der Waals surface area contributed by atoms with Crippen LogP contribution in [0.25, 0.3) is 11.4 Å². The highest BCUT2D eigenvalue weighted by molar-refractivity contribution is 5.57. The molecule has 0 fully saturated rings. The highest BCUT2D eigenvalue weighted by Crippen LogP contribution is 2.21. The van der Waals surface area contributed by atoms with E-state index < -0.39 is 5.60 Å². The van der Waals surface area contributed by atoms with Crippen LogP contribution in [-0.4, -0.2) is 49.5 Å². The van der Waals surface area contributed by atoms with Gasteiger partial charge in [0.05, 0.1) is 23.4 Å². The first-order chi connectivity index (χ1) is 9.28. The number of anilines is 1. The van der Waals surface area contributed by atoms with Crippen LogP contribution in [0.4, 0.5) is 5.95 Å². The summed E-state index contributed by atoms with van der Waals surface area (Å²) in [6, 6.07) is 0. The molecular weight excluding hydrogens is 256 g/mol. The van der Waals surface area contributed by atoms with Crippen LogP contribution >= 0.6 is 0 Å². The van der Waals surface area contributed by atoms with E-state index in [1.54, 1.807) is 24.7 Å². The quantitative estimate of drug-likeness (QED) is 0.893. The molecule has 1 N–H and O–H groups in total. The Morgan fingerprint density at radius 1 is 1.30 bits per heavy atom. The van der Waals surface area contributed by atoms with E-state index in [9.17, 15) is 5.11 Å². The van der Waals surface area contributed by atoms with E-state index in [4.69, 9.17) is 0 Å². The topological polar surface area (TPSA) is 80.0 Å². The van der Waals surface area contributed by atoms with Crippen LogP contribution in [0.2, 0.25) is 0 Å². The van der Waals surface area contributed by atoms with Crippen LogP contribution in [0.5, 0.6) is 0 Å². The molecule has 0 spiro atoms. The van der Waals surface area contributed by atoms with Gasteiger partial charge in [0.2, 0.25) is 5.95 Å². The van der Waals surface area contributed by atoms with Crippen LogP contribution < -0.4 is 4.90 Å². The monoisotopic (exact) mass is 276 g/mol. The normalized spacial score (nSPS) is 11.7. The molecule has 0 radical (unpaired) electrons. The Labute approximate surface area is 118 Å². The summed E-state index contributed by atoms with van der Waals surface area (Å²) in [5.41, 5.74) is 0.784.